The lowest BCUT2D eigenvalue weighted by molar-refractivity contribution is -0.115. The van der Waals surface area contributed by atoms with Crippen LogP contribution in [0, 0.1) is 5.41 Å². The van der Waals surface area contributed by atoms with Crippen LogP contribution in [0.25, 0.3) is 0 Å². The van der Waals surface area contributed by atoms with Crippen LogP contribution in [0.2, 0.25) is 0 Å². The van der Waals surface area contributed by atoms with Crippen LogP contribution in [-0.4, -0.2) is 23.4 Å². The fourth-order valence-electron chi connectivity index (χ4n) is 2.23. The maximum atomic E-state index is 11.8. The van der Waals surface area contributed by atoms with Crippen molar-refractivity contribution in [1.29, 1.82) is 5.41 Å². The molecule has 1 N–H and O–H groups in total. The molecule has 1 fully saturated rings. The molecular weight excluding hydrogens is 236 g/mol. The van der Waals surface area contributed by atoms with E-state index in [9.17, 15) is 4.79 Å². The van der Waals surface area contributed by atoms with Crippen molar-refractivity contribution in [3.05, 3.63) is 29.3 Å². The van der Waals surface area contributed by atoms with Crippen molar-refractivity contribution in [2.75, 3.05) is 17.3 Å². The van der Waals surface area contributed by atoms with E-state index in [2.05, 4.69) is 0 Å². The third kappa shape index (κ3) is 1.75. The summed E-state index contributed by atoms with van der Waals surface area (Å²) in [5, 5.41) is 8.16. The van der Waals surface area contributed by atoms with Crippen molar-refractivity contribution in [1.82, 2.24) is 0 Å². The second kappa shape index (κ2) is 4.16. The van der Waals surface area contributed by atoms with Gasteiger partial charge in [0, 0.05) is 0 Å². The molecule has 0 aromatic heterocycles. The summed E-state index contributed by atoms with van der Waals surface area (Å²) in [6, 6.07) is 5.87. The number of rotatable bonds is 1. The highest BCUT2D eigenvalue weighted by molar-refractivity contribution is 8.15. The van der Waals surface area contributed by atoms with Crippen LogP contribution in [-0.2, 0) is 22.6 Å². The molecule has 2 aliphatic rings. The summed E-state index contributed by atoms with van der Waals surface area (Å²) in [5.41, 5.74) is 3.15. The van der Waals surface area contributed by atoms with Crippen LogP contribution >= 0.6 is 11.8 Å². The number of hydrogen-bond acceptors (Lipinski definition) is 4. The minimum atomic E-state index is -0.000100. The molecule has 0 bridgehead atoms. The van der Waals surface area contributed by atoms with Crippen molar-refractivity contribution in [2.45, 2.75) is 13.0 Å². The molecule has 0 unspecified atom stereocenters. The number of carbonyl (C=O) groups excluding carboxylic acids is 1. The number of carbonyl (C=O) groups is 1. The highest BCUT2D eigenvalue weighted by Crippen LogP contribution is 2.32. The normalized spacial score (nSPS) is 19.6. The number of amides is 1. The van der Waals surface area contributed by atoms with E-state index in [-0.39, 0.29) is 5.91 Å². The van der Waals surface area contributed by atoms with Gasteiger partial charge in [0.25, 0.3) is 0 Å². The standard InChI is InChI=1S/C12H12N2O2S/c13-12-14(11(15)7-17-12)10-3-1-2-8-6-16-5-4-9(8)10/h1-3,13H,4-7H2. The van der Waals surface area contributed by atoms with E-state index in [0.29, 0.717) is 24.1 Å². The van der Waals surface area contributed by atoms with E-state index in [0.717, 1.165) is 23.2 Å². The van der Waals surface area contributed by atoms with E-state index < -0.39 is 0 Å². The van der Waals surface area contributed by atoms with Gasteiger partial charge >= 0.3 is 0 Å². The zero-order chi connectivity index (χ0) is 11.8. The quantitative estimate of drug-likeness (QED) is 0.824. The number of amidine groups is 1. The number of ether oxygens (including phenoxy) is 1. The summed E-state index contributed by atoms with van der Waals surface area (Å²) in [7, 11) is 0. The van der Waals surface area contributed by atoms with Crippen LogP contribution in [0.3, 0.4) is 0 Å². The number of nitrogens with zero attached hydrogens (tertiary/aromatic N) is 1. The van der Waals surface area contributed by atoms with E-state index >= 15 is 0 Å². The van der Waals surface area contributed by atoms with E-state index in [4.69, 9.17) is 10.1 Å². The van der Waals surface area contributed by atoms with E-state index in [1.54, 1.807) is 0 Å². The zero-order valence-corrected chi connectivity index (χ0v) is 10.0. The Hall–Kier alpha value is -1.33. The molecule has 2 aliphatic heterocycles. The summed E-state index contributed by atoms with van der Waals surface area (Å²) >= 11 is 1.29. The molecule has 0 radical (unpaired) electrons. The molecule has 5 heteroatoms. The lowest BCUT2D eigenvalue weighted by Gasteiger charge is -2.24. The zero-order valence-electron chi connectivity index (χ0n) is 9.23. The van der Waals surface area contributed by atoms with Gasteiger partial charge in [-0.15, -0.1) is 0 Å². The largest absolute Gasteiger partial charge is 0.376 e. The molecule has 88 valence electrons. The highest BCUT2D eigenvalue weighted by Gasteiger charge is 2.30. The number of hydrogen-bond donors (Lipinski definition) is 1. The van der Waals surface area contributed by atoms with Gasteiger partial charge in [0.15, 0.2) is 5.17 Å². The fourth-order valence-corrected chi connectivity index (χ4v) is 2.95. The summed E-state index contributed by atoms with van der Waals surface area (Å²) in [6.45, 7) is 1.29. The van der Waals surface area contributed by atoms with Crippen LogP contribution in [0.5, 0.6) is 0 Å². The molecule has 1 aromatic rings. The predicted molar refractivity (Wildman–Crippen MR) is 67.5 cm³/mol. The van der Waals surface area contributed by atoms with E-state index in [1.807, 2.05) is 18.2 Å². The van der Waals surface area contributed by atoms with Gasteiger partial charge in [-0.1, -0.05) is 23.9 Å². The maximum absolute atomic E-state index is 11.8. The fraction of sp³-hybridized carbons (Fsp3) is 0.333. The van der Waals surface area contributed by atoms with Crippen LogP contribution in [0.1, 0.15) is 11.1 Å². The van der Waals surface area contributed by atoms with Crippen molar-refractivity contribution in [3.63, 3.8) is 0 Å². The third-order valence-electron chi connectivity index (χ3n) is 3.03. The number of anilines is 1. The monoisotopic (exact) mass is 248 g/mol. The Balaban J connectivity index is 2.08. The minimum absolute atomic E-state index is 0.000100. The van der Waals surface area contributed by atoms with Gasteiger partial charge in [0.05, 0.1) is 24.7 Å². The van der Waals surface area contributed by atoms with Gasteiger partial charge in [0.2, 0.25) is 5.91 Å². The van der Waals surface area contributed by atoms with Crippen molar-refractivity contribution >= 4 is 28.5 Å². The Labute approximate surface area is 103 Å². The average Bonchev–Trinajstić information content (AvgIpc) is 2.69. The lowest BCUT2D eigenvalue weighted by atomic mass is 10.0. The highest BCUT2D eigenvalue weighted by atomic mass is 32.2. The second-order valence-corrected chi connectivity index (χ2v) is 5.00. The molecule has 17 heavy (non-hydrogen) atoms. The van der Waals surface area contributed by atoms with Crippen molar-refractivity contribution < 1.29 is 9.53 Å². The molecule has 0 aliphatic carbocycles. The Bertz CT molecular complexity index is 485. The SMILES string of the molecule is N=C1SCC(=O)N1c1cccc2c1CCOC2. The summed E-state index contributed by atoms with van der Waals surface area (Å²) in [5.74, 6) is 0.374. The smallest absolute Gasteiger partial charge is 0.243 e. The van der Waals surface area contributed by atoms with Crippen LogP contribution in [0.15, 0.2) is 18.2 Å². The number of nitrogens with one attached hydrogen (secondary N) is 1. The number of benzene rings is 1. The number of fused-ring (bicyclic) bond motifs is 1. The molecular formula is C12H12N2O2S. The Morgan fingerprint density at radius 3 is 3.06 bits per heavy atom. The van der Waals surface area contributed by atoms with Gasteiger partial charge < -0.3 is 4.74 Å². The van der Waals surface area contributed by atoms with Gasteiger partial charge in [-0.3, -0.25) is 15.1 Å². The molecule has 0 atom stereocenters. The first-order valence-electron chi connectivity index (χ1n) is 5.50. The predicted octanol–water partition coefficient (Wildman–Crippen LogP) is 1.77. The summed E-state index contributed by atoms with van der Waals surface area (Å²) in [6.07, 6.45) is 0.813. The first-order valence-corrected chi connectivity index (χ1v) is 6.49. The molecule has 1 aromatic carbocycles. The van der Waals surface area contributed by atoms with Gasteiger partial charge in [0.1, 0.15) is 0 Å². The van der Waals surface area contributed by atoms with Crippen molar-refractivity contribution in [2.24, 2.45) is 0 Å². The first-order chi connectivity index (χ1) is 8.27. The molecule has 1 saturated heterocycles. The van der Waals surface area contributed by atoms with Crippen LogP contribution < -0.4 is 4.90 Å². The Morgan fingerprint density at radius 1 is 1.41 bits per heavy atom. The summed E-state index contributed by atoms with van der Waals surface area (Å²) in [4.78, 5) is 13.3. The second-order valence-electron chi connectivity index (χ2n) is 4.04. The molecule has 4 nitrogen and oxygen atoms in total. The molecule has 1 amide bonds. The average molecular weight is 248 g/mol. The van der Waals surface area contributed by atoms with E-state index in [1.165, 1.54) is 16.7 Å². The lowest BCUT2D eigenvalue weighted by Crippen LogP contribution is -2.30. The van der Waals surface area contributed by atoms with Gasteiger partial charge in [-0.25, -0.2) is 0 Å². The maximum Gasteiger partial charge on any atom is 0.243 e. The Kier molecular flexibility index (Phi) is 2.64. The molecule has 0 saturated carbocycles. The minimum Gasteiger partial charge on any atom is -0.376 e. The van der Waals surface area contributed by atoms with Crippen LogP contribution in [0.4, 0.5) is 5.69 Å². The molecule has 3 rings (SSSR count). The van der Waals surface area contributed by atoms with Gasteiger partial charge in [-0.05, 0) is 23.6 Å². The number of thioether (sulfide) groups is 1. The van der Waals surface area contributed by atoms with Gasteiger partial charge in [-0.2, -0.15) is 0 Å². The Morgan fingerprint density at radius 2 is 2.29 bits per heavy atom. The topological polar surface area (TPSA) is 53.4 Å². The molecule has 0 spiro atoms. The van der Waals surface area contributed by atoms with Crippen molar-refractivity contribution in [3.8, 4) is 0 Å². The first kappa shape index (κ1) is 10.8. The molecule has 2 heterocycles. The summed E-state index contributed by atoms with van der Waals surface area (Å²) < 4.78 is 5.40. The third-order valence-corrected chi connectivity index (χ3v) is 3.88.